The van der Waals surface area contributed by atoms with Crippen molar-refractivity contribution in [1.29, 1.82) is 0 Å². The molecular formula is C18H29IN4O. The lowest BCUT2D eigenvalue weighted by Gasteiger charge is -2.32. The van der Waals surface area contributed by atoms with Crippen LogP contribution < -0.4 is 5.32 Å². The summed E-state index contributed by atoms with van der Waals surface area (Å²) in [5, 5.41) is 3.45. The van der Waals surface area contributed by atoms with Crippen LogP contribution in [-0.4, -0.2) is 68.2 Å². The summed E-state index contributed by atoms with van der Waals surface area (Å²) in [7, 11) is 0. The molecule has 1 saturated heterocycles. The van der Waals surface area contributed by atoms with Gasteiger partial charge in [-0.2, -0.15) is 0 Å². The topological polar surface area (TPSA) is 40.1 Å². The average Bonchev–Trinajstić information content (AvgIpc) is 2.61. The van der Waals surface area contributed by atoms with E-state index in [0.29, 0.717) is 0 Å². The zero-order chi connectivity index (χ0) is 15.9. The molecular weight excluding hydrogens is 415 g/mol. The molecule has 5 nitrogen and oxygen atoms in total. The van der Waals surface area contributed by atoms with Gasteiger partial charge in [0.1, 0.15) is 0 Å². The van der Waals surface area contributed by atoms with Gasteiger partial charge in [0.2, 0.25) is 0 Å². The fourth-order valence-electron chi connectivity index (χ4n) is 3.22. The van der Waals surface area contributed by atoms with Crippen LogP contribution in [0.4, 0.5) is 0 Å². The normalized spacial score (nSPS) is 18.7. The second-order valence-corrected chi connectivity index (χ2v) is 6.13. The SMILES string of the molecule is CCNC(=NCCN1CCOCC1)N1CCc2ccccc2C1.I. The number of hydrogen-bond acceptors (Lipinski definition) is 3. The number of benzene rings is 1. The Morgan fingerprint density at radius 1 is 1.17 bits per heavy atom. The van der Waals surface area contributed by atoms with Gasteiger partial charge in [-0.05, 0) is 24.5 Å². The van der Waals surface area contributed by atoms with Crippen LogP contribution in [0.25, 0.3) is 0 Å². The Balaban J connectivity index is 0.00000208. The number of morpholine rings is 1. The first-order chi connectivity index (χ1) is 11.4. The van der Waals surface area contributed by atoms with Crippen LogP contribution in [0.1, 0.15) is 18.1 Å². The second-order valence-electron chi connectivity index (χ2n) is 6.13. The zero-order valence-electron chi connectivity index (χ0n) is 14.5. The first-order valence-corrected chi connectivity index (χ1v) is 8.77. The molecule has 24 heavy (non-hydrogen) atoms. The minimum atomic E-state index is 0. The summed E-state index contributed by atoms with van der Waals surface area (Å²) in [6.45, 7) is 10.7. The maximum Gasteiger partial charge on any atom is 0.194 e. The molecule has 1 N–H and O–H groups in total. The van der Waals surface area contributed by atoms with Crippen LogP contribution in [0.15, 0.2) is 29.3 Å². The third kappa shape index (κ3) is 5.32. The van der Waals surface area contributed by atoms with E-state index >= 15 is 0 Å². The Kier molecular flexibility index (Phi) is 8.28. The van der Waals surface area contributed by atoms with E-state index in [9.17, 15) is 0 Å². The van der Waals surface area contributed by atoms with Gasteiger partial charge in [0.05, 0.1) is 19.8 Å². The van der Waals surface area contributed by atoms with Gasteiger partial charge < -0.3 is 15.0 Å². The molecule has 134 valence electrons. The third-order valence-corrected chi connectivity index (χ3v) is 4.55. The van der Waals surface area contributed by atoms with Crippen molar-refractivity contribution in [2.45, 2.75) is 19.9 Å². The van der Waals surface area contributed by atoms with Crippen molar-refractivity contribution in [3.63, 3.8) is 0 Å². The Morgan fingerprint density at radius 2 is 1.92 bits per heavy atom. The van der Waals surface area contributed by atoms with Gasteiger partial charge in [0, 0.05) is 39.3 Å². The van der Waals surface area contributed by atoms with Gasteiger partial charge in [0.25, 0.3) is 0 Å². The molecule has 0 amide bonds. The number of rotatable bonds is 4. The molecule has 0 aromatic heterocycles. The van der Waals surface area contributed by atoms with Crippen molar-refractivity contribution in [2.24, 2.45) is 4.99 Å². The maximum absolute atomic E-state index is 5.40. The quantitative estimate of drug-likeness (QED) is 0.438. The number of nitrogens with one attached hydrogen (secondary N) is 1. The van der Waals surface area contributed by atoms with Gasteiger partial charge in [-0.1, -0.05) is 24.3 Å². The first kappa shape index (κ1) is 19.5. The smallest absolute Gasteiger partial charge is 0.194 e. The van der Waals surface area contributed by atoms with E-state index in [4.69, 9.17) is 9.73 Å². The van der Waals surface area contributed by atoms with Gasteiger partial charge in [0.15, 0.2) is 5.96 Å². The lowest BCUT2D eigenvalue weighted by atomic mass is 10.0. The monoisotopic (exact) mass is 444 g/mol. The van der Waals surface area contributed by atoms with E-state index in [0.717, 1.165) is 71.4 Å². The number of ether oxygens (including phenoxy) is 1. The van der Waals surface area contributed by atoms with Gasteiger partial charge in [-0.25, -0.2) is 0 Å². The maximum atomic E-state index is 5.40. The molecule has 0 aliphatic carbocycles. The number of aliphatic imine (C=N–C) groups is 1. The van der Waals surface area contributed by atoms with E-state index in [1.165, 1.54) is 11.1 Å². The summed E-state index contributed by atoms with van der Waals surface area (Å²) in [5.74, 6) is 1.05. The lowest BCUT2D eigenvalue weighted by Crippen LogP contribution is -2.44. The van der Waals surface area contributed by atoms with E-state index < -0.39 is 0 Å². The fourth-order valence-corrected chi connectivity index (χ4v) is 3.22. The van der Waals surface area contributed by atoms with Crippen LogP contribution in [0.5, 0.6) is 0 Å². The summed E-state index contributed by atoms with van der Waals surface area (Å²) < 4.78 is 5.40. The van der Waals surface area contributed by atoms with Crippen molar-refractivity contribution in [3.05, 3.63) is 35.4 Å². The largest absolute Gasteiger partial charge is 0.379 e. The van der Waals surface area contributed by atoms with Crippen LogP contribution in [0, 0.1) is 0 Å². The molecule has 1 fully saturated rings. The van der Waals surface area contributed by atoms with Crippen LogP contribution in [0.3, 0.4) is 0 Å². The van der Waals surface area contributed by atoms with Crippen molar-refractivity contribution < 1.29 is 4.74 Å². The number of guanidine groups is 1. The number of halogens is 1. The van der Waals surface area contributed by atoms with E-state index in [2.05, 4.69) is 46.3 Å². The molecule has 1 aromatic rings. The molecule has 0 saturated carbocycles. The molecule has 0 spiro atoms. The van der Waals surface area contributed by atoms with Gasteiger partial charge >= 0.3 is 0 Å². The van der Waals surface area contributed by atoms with Crippen molar-refractivity contribution >= 4 is 29.9 Å². The predicted octanol–water partition coefficient (Wildman–Crippen LogP) is 1.96. The third-order valence-electron chi connectivity index (χ3n) is 4.55. The summed E-state index contributed by atoms with van der Waals surface area (Å²) in [6, 6.07) is 8.74. The molecule has 1 aromatic carbocycles. The first-order valence-electron chi connectivity index (χ1n) is 8.77. The highest BCUT2D eigenvalue weighted by molar-refractivity contribution is 14.0. The van der Waals surface area contributed by atoms with Crippen LogP contribution >= 0.6 is 24.0 Å². The minimum Gasteiger partial charge on any atom is -0.379 e. The molecule has 2 heterocycles. The molecule has 2 aliphatic heterocycles. The molecule has 6 heteroatoms. The summed E-state index contributed by atoms with van der Waals surface area (Å²) >= 11 is 0. The number of nitrogens with zero attached hydrogens (tertiary/aromatic N) is 3. The van der Waals surface area contributed by atoms with E-state index in [1.54, 1.807) is 0 Å². The highest BCUT2D eigenvalue weighted by Gasteiger charge is 2.18. The standard InChI is InChI=1S/C18H28N4O.HI/c1-2-19-18(20-8-10-21-11-13-23-14-12-21)22-9-7-16-5-3-4-6-17(16)15-22;/h3-6H,2,7-15H2,1H3,(H,19,20);1H. The van der Waals surface area contributed by atoms with Gasteiger partial charge in [-0.15, -0.1) is 24.0 Å². The molecule has 3 rings (SSSR count). The summed E-state index contributed by atoms with van der Waals surface area (Å²) in [5.41, 5.74) is 2.91. The molecule has 0 bridgehead atoms. The zero-order valence-corrected chi connectivity index (χ0v) is 16.9. The molecule has 0 atom stereocenters. The highest BCUT2D eigenvalue weighted by Crippen LogP contribution is 2.18. The van der Waals surface area contributed by atoms with Crippen molar-refractivity contribution in [2.75, 3.05) is 52.5 Å². The summed E-state index contributed by atoms with van der Waals surface area (Å²) in [6.07, 6.45) is 1.10. The second kappa shape index (κ2) is 10.2. The van der Waals surface area contributed by atoms with E-state index in [1.807, 2.05) is 0 Å². The molecule has 0 unspecified atom stereocenters. The van der Waals surface area contributed by atoms with E-state index in [-0.39, 0.29) is 24.0 Å². The molecule has 2 aliphatic rings. The van der Waals surface area contributed by atoms with Crippen molar-refractivity contribution in [3.8, 4) is 0 Å². The fraction of sp³-hybridized carbons (Fsp3) is 0.611. The Morgan fingerprint density at radius 3 is 2.67 bits per heavy atom. The Labute approximate surface area is 162 Å². The Hall–Kier alpha value is -0.860. The highest BCUT2D eigenvalue weighted by atomic mass is 127. The summed E-state index contributed by atoms with van der Waals surface area (Å²) in [4.78, 5) is 9.67. The van der Waals surface area contributed by atoms with Gasteiger partial charge in [-0.3, -0.25) is 9.89 Å². The van der Waals surface area contributed by atoms with Crippen LogP contribution in [0.2, 0.25) is 0 Å². The number of hydrogen-bond donors (Lipinski definition) is 1. The number of fused-ring (bicyclic) bond motifs is 1. The predicted molar refractivity (Wildman–Crippen MR) is 109 cm³/mol. The van der Waals surface area contributed by atoms with Crippen molar-refractivity contribution in [1.82, 2.24) is 15.1 Å². The lowest BCUT2D eigenvalue weighted by molar-refractivity contribution is 0.0394. The molecule has 0 radical (unpaired) electrons. The van der Waals surface area contributed by atoms with Crippen LogP contribution in [-0.2, 0) is 17.7 Å². The average molecular weight is 444 g/mol. The minimum absolute atomic E-state index is 0. The Bertz CT molecular complexity index is 532.